The Hall–Kier alpha value is -1.85. The fourth-order valence-electron chi connectivity index (χ4n) is 0.656. The van der Waals surface area contributed by atoms with Gasteiger partial charge in [0.15, 0.2) is 0 Å². The van der Waals surface area contributed by atoms with Gasteiger partial charge >= 0.3 is 11.9 Å². The van der Waals surface area contributed by atoms with Crippen molar-refractivity contribution in [3.63, 3.8) is 0 Å². The summed E-state index contributed by atoms with van der Waals surface area (Å²) >= 11 is 0. The maximum atomic E-state index is 11.0. The van der Waals surface area contributed by atoms with Crippen molar-refractivity contribution in [3.05, 3.63) is 12.2 Å². The molecule has 0 heterocycles. The van der Waals surface area contributed by atoms with Gasteiger partial charge in [0.1, 0.15) is 6.04 Å². The molecule has 6 heteroatoms. The van der Waals surface area contributed by atoms with Crippen LogP contribution in [0.15, 0.2) is 12.2 Å². The molecule has 0 bridgehead atoms. The molecule has 78 valence electrons. The van der Waals surface area contributed by atoms with Crippen molar-refractivity contribution in [1.82, 2.24) is 5.32 Å². The van der Waals surface area contributed by atoms with Crippen LogP contribution in [0, 0.1) is 0 Å². The van der Waals surface area contributed by atoms with Crippen LogP contribution in [-0.2, 0) is 14.4 Å². The first-order valence-corrected chi connectivity index (χ1v) is 3.75. The molecule has 6 nitrogen and oxygen atoms in total. The average molecular weight is 201 g/mol. The molecule has 0 fully saturated rings. The van der Waals surface area contributed by atoms with E-state index in [1.807, 2.05) is 5.32 Å². The van der Waals surface area contributed by atoms with E-state index in [2.05, 4.69) is 6.58 Å². The van der Waals surface area contributed by atoms with Crippen molar-refractivity contribution < 1.29 is 24.6 Å². The van der Waals surface area contributed by atoms with Gasteiger partial charge in [-0.3, -0.25) is 9.59 Å². The van der Waals surface area contributed by atoms with E-state index in [1.54, 1.807) is 0 Å². The van der Waals surface area contributed by atoms with Gasteiger partial charge in [-0.2, -0.15) is 0 Å². The molecule has 0 saturated heterocycles. The molecule has 3 N–H and O–H groups in total. The van der Waals surface area contributed by atoms with Gasteiger partial charge < -0.3 is 15.5 Å². The number of rotatable bonds is 5. The van der Waals surface area contributed by atoms with Gasteiger partial charge in [0.25, 0.3) is 0 Å². The SMILES string of the molecule is C=C(C)C(=O)NC(CC(=O)O)C(=O)O. The zero-order chi connectivity index (χ0) is 11.3. The summed E-state index contributed by atoms with van der Waals surface area (Å²) < 4.78 is 0. The summed E-state index contributed by atoms with van der Waals surface area (Å²) in [6, 6.07) is -1.42. The van der Waals surface area contributed by atoms with Gasteiger partial charge in [0, 0.05) is 5.57 Å². The summed E-state index contributed by atoms with van der Waals surface area (Å²) in [5.41, 5.74) is 0.127. The molecule has 1 unspecified atom stereocenters. The lowest BCUT2D eigenvalue weighted by Crippen LogP contribution is -2.42. The van der Waals surface area contributed by atoms with E-state index >= 15 is 0 Å². The fourth-order valence-corrected chi connectivity index (χ4v) is 0.656. The molecule has 0 aromatic rings. The largest absolute Gasteiger partial charge is 0.481 e. The molecule has 1 amide bonds. The summed E-state index contributed by atoms with van der Waals surface area (Å²) in [5.74, 6) is -3.35. The van der Waals surface area contributed by atoms with E-state index < -0.39 is 30.3 Å². The highest BCUT2D eigenvalue weighted by molar-refractivity contribution is 5.95. The molecular formula is C8H11NO5. The van der Waals surface area contributed by atoms with Crippen molar-refractivity contribution in [2.75, 3.05) is 0 Å². The molecule has 0 aliphatic heterocycles. The van der Waals surface area contributed by atoms with Crippen molar-refractivity contribution in [3.8, 4) is 0 Å². The first-order valence-electron chi connectivity index (χ1n) is 3.75. The number of amides is 1. The minimum absolute atomic E-state index is 0.127. The second-order valence-electron chi connectivity index (χ2n) is 2.74. The van der Waals surface area contributed by atoms with Crippen LogP contribution in [0.25, 0.3) is 0 Å². The molecule has 0 rings (SSSR count). The van der Waals surface area contributed by atoms with Crippen molar-refractivity contribution in [2.45, 2.75) is 19.4 Å². The predicted octanol–water partition coefficient (Wildman–Crippen LogP) is -0.393. The van der Waals surface area contributed by atoms with E-state index in [0.29, 0.717) is 0 Å². The highest BCUT2D eigenvalue weighted by Gasteiger charge is 2.22. The first kappa shape index (κ1) is 12.2. The van der Waals surface area contributed by atoms with Crippen LogP contribution in [-0.4, -0.2) is 34.1 Å². The monoisotopic (exact) mass is 201 g/mol. The van der Waals surface area contributed by atoms with Crippen molar-refractivity contribution in [2.24, 2.45) is 0 Å². The van der Waals surface area contributed by atoms with E-state index in [0.717, 1.165) is 0 Å². The zero-order valence-corrected chi connectivity index (χ0v) is 7.61. The van der Waals surface area contributed by atoms with Gasteiger partial charge in [0.05, 0.1) is 6.42 Å². The number of aliphatic carboxylic acids is 2. The Morgan fingerprint density at radius 2 is 1.86 bits per heavy atom. The number of carbonyl (C=O) groups excluding carboxylic acids is 1. The van der Waals surface area contributed by atoms with Crippen LogP contribution in [0.1, 0.15) is 13.3 Å². The second-order valence-corrected chi connectivity index (χ2v) is 2.74. The Morgan fingerprint density at radius 3 is 2.14 bits per heavy atom. The van der Waals surface area contributed by atoms with E-state index in [4.69, 9.17) is 10.2 Å². The second kappa shape index (κ2) is 5.00. The normalized spacial score (nSPS) is 11.5. The molecule has 1 atom stereocenters. The molecule has 0 aromatic carbocycles. The highest BCUT2D eigenvalue weighted by Crippen LogP contribution is 1.95. The Balaban J connectivity index is 4.38. The third-order valence-corrected chi connectivity index (χ3v) is 1.37. The highest BCUT2D eigenvalue weighted by atomic mass is 16.4. The minimum atomic E-state index is -1.42. The summed E-state index contributed by atoms with van der Waals surface area (Å²) in [7, 11) is 0. The van der Waals surface area contributed by atoms with Gasteiger partial charge in [-0.05, 0) is 6.92 Å². The molecule has 0 aromatic heterocycles. The zero-order valence-electron chi connectivity index (χ0n) is 7.61. The number of hydrogen-bond donors (Lipinski definition) is 3. The Labute approximate surface area is 80.2 Å². The number of nitrogens with one attached hydrogen (secondary N) is 1. The molecule has 0 radical (unpaired) electrons. The van der Waals surface area contributed by atoms with E-state index in [-0.39, 0.29) is 5.57 Å². The molecule has 0 aliphatic rings. The number of carboxylic acid groups (broad SMARTS) is 2. The lowest BCUT2D eigenvalue weighted by Gasteiger charge is -2.11. The Kier molecular flexibility index (Phi) is 4.34. The van der Waals surface area contributed by atoms with Crippen LogP contribution in [0.5, 0.6) is 0 Å². The van der Waals surface area contributed by atoms with Crippen molar-refractivity contribution in [1.29, 1.82) is 0 Å². The average Bonchev–Trinajstić information content (AvgIpc) is 2.01. The van der Waals surface area contributed by atoms with Crippen LogP contribution >= 0.6 is 0 Å². The van der Waals surface area contributed by atoms with Crippen molar-refractivity contribution >= 4 is 17.8 Å². The summed E-state index contributed by atoms with van der Waals surface area (Å²) in [6.45, 7) is 4.69. The number of hydrogen-bond acceptors (Lipinski definition) is 3. The van der Waals surface area contributed by atoms with Gasteiger partial charge in [-0.1, -0.05) is 6.58 Å². The summed E-state index contributed by atoms with van der Waals surface area (Å²) in [6.07, 6.45) is -0.658. The quantitative estimate of drug-likeness (QED) is 0.525. The Morgan fingerprint density at radius 1 is 1.36 bits per heavy atom. The van der Waals surface area contributed by atoms with Gasteiger partial charge in [-0.15, -0.1) is 0 Å². The topological polar surface area (TPSA) is 104 Å². The molecule has 0 spiro atoms. The van der Waals surface area contributed by atoms with E-state index in [9.17, 15) is 14.4 Å². The van der Waals surface area contributed by atoms with Crippen LogP contribution < -0.4 is 5.32 Å². The van der Waals surface area contributed by atoms with Crippen LogP contribution in [0.3, 0.4) is 0 Å². The lowest BCUT2D eigenvalue weighted by molar-refractivity contribution is -0.146. The van der Waals surface area contributed by atoms with E-state index in [1.165, 1.54) is 6.92 Å². The maximum Gasteiger partial charge on any atom is 0.326 e. The van der Waals surface area contributed by atoms with Crippen LogP contribution in [0.4, 0.5) is 0 Å². The fraction of sp³-hybridized carbons (Fsp3) is 0.375. The third kappa shape index (κ3) is 4.24. The predicted molar refractivity (Wildman–Crippen MR) is 46.6 cm³/mol. The molecular weight excluding hydrogens is 190 g/mol. The molecule has 14 heavy (non-hydrogen) atoms. The number of carbonyl (C=O) groups is 3. The Bertz CT molecular complexity index is 283. The van der Waals surface area contributed by atoms with Gasteiger partial charge in [-0.25, -0.2) is 4.79 Å². The smallest absolute Gasteiger partial charge is 0.326 e. The third-order valence-electron chi connectivity index (χ3n) is 1.37. The first-order chi connectivity index (χ1) is 6.34. The van der Waals surface area contributed by atoms with Crippen LogP contribution in [0.2, 0.25) is 0 Å². The van der Waals surface area contributed by atoms with Gasteiger partial charge in [0.2, 0.25) is 5.91 Å². The lowest BCUT2D eigenvalue weighted by atomic mass is 10.2. The maximum absolute atomic E-state index is 11.0. The summed E-state index contributed by atoms with van der Waals surface area (Å²) in [4.78, 5) is 31.7. The summed E-state index contributed by atoms with van der Waals surface area (Å²) in [5, 5.41) is 18.9. The molecule has 0 aliphatic carbocycles. The number of carboxylic acids is 2. The standard InChI is InChI=1S/C8H11NO5/c1-4(2)7(12)9-5(8(13)14)3-6(10)11/h5H,1,3H2,2H3,(H,9,12)(H,10,11)(H,13,14). The molecule has 0 saturated carbocycles. The minimum Gasteiger partial charge on any atom is -0.481 e.